The van der Waals surface area contributed by atoms with E-state index in [-0.39, 0.29) is 11.5 Å². The maximum Gasteiger partial charge on any atom is 0.0629 e. The number of anilines is 4. The van der Waals surface area contributed by atoms with Crippen LogP contribution in [0.2, 0.25) is 0 Å². The molecule has 0 bridgehead atoms. The van der Waals surface area contributed by atoms with Crippen LogP contribution in [0.5, 0.6) is 0 Å². The molecule has 2 heteroatoms. The summed E-state index contributed by atoms with van der Waals surface area (Å²) in [5, 5.41) is 0. The molecule has 10 rings (SSSR count). The van der Waals surface area contributed by atoms with Gasteiger partial charge in [0.1, 0.15) is 0 Å². The molecule has 2 nitrogen and oxygen atoms in total. The highest BCUT2D eigenvalue weighted by Crippen LogP contribution is 2.51. The molecule has 2 unspecified atom stereocenters. The van der Waals surface area contributed by atoms with E-state index in [1.807, 2.05) is 0 Å². The summed E-state index contributed by atoms with van der Waals surface area (Å²) in [4.78, 5) is 5.00. The van der Waals surface area contributed by atoms with Crippen LogP contribution in [0.3, 0.4) is 0 Å². The van der Waals surface area contributed by atoms with Crippen LogP contribution in [0, 0.1) is 0 Å². The van der Waals surface area contributed by atoms with Crippen LogP contribution in [0.4, 0.5) is 22.7 Å². The number of rotatable bonds is 7. The molecule has 0 radical (unpaired) electrons. The topological polar surface area (TPSA) is 6.48 Å². The van der Waals surface area contributed by atoms with Crippen molar-refractivity contribution in [3.63, 3.8) is 0 Å². The van der Waals surface area contributed by atoms with Gasteiger partial charge in [0.15, 0.2) is 0 Å². The van der Waals surface area contributed by atoms with Crippen LogP contribution in [-0.2, 0) is 11.8 Å². The Morgan fingerprint density at radius 1 is 0.630 bits per heavy atom. The van der Waals surface area contributed by atoms with Gasteiger partial charge in [0.25, 0.3) is 0 Å². The first-order valence-corrected chi connectivity index (χ1v) is 19.4. The van der Waals surface area contributed by atoms with Crippen LogP contribution in [0.25, 0.3) is 22.3 Å². The summed E-state index contributed by atoms with van der Waals surface area (Å²) in [6, 6.07) is 52.5. The fourth-order valence-electron chi connectivity index (χ4n) is 9.32. The fraction of sp³-hybridized carbons (Fsp3) is 0.154. The van der Waals surface area contributed by atoms with Crippen molar-refractivity contribution in [2.75, 3.05) is 9.80 Å². The molecule has 0 spiro atoms. The molecule has 2 atom stereocenters. The number of hydrogen-bond donors (Lipinski definition) is 0. The predicted octanol–water partition coefficient (Wildman–Crippen LogP) is 13.4. The van der Waals surface area contributed by atoms with Crippen LogP contribution >= 0.6 is 0 Å². The Morgan fingerprint density at radius 2 is 1.35 bits per heavy atom. The van der Waals surface area contributed by atoms with E-state index in [4.69, 9.17) is 0 Å². The molecule has 0 amide bonds. The lowest BCUT2D eigenvalue weighted by Gasteiger charge is -2.30. The summed E-state index contributed by atoms with van der Waals surface area (Å²) in [5.41, 5.74) is 18.3. The maximum absolute atomic E-state index is 2.53. The zero-order valence-corrected chi connectivity index (χ0v) is 31.0. The first-order chi connectivity index (χ1) is 26.5. The average Bonchev–Trinajstić information content (AvgIpc) is 3.67. The van der Waals surface area contributed by atoms with E-state index in [2.05, 4.69) is 206 Å². The van der Waals surface area contributed by atoms with Gasteiger partial charge in [0, 0.05) is 39.8 Å². The SMILES string of the molecule is CC1(C)c2ccccc2-c2ccc(N(C3=CC=CCC3)c3ccc(-c4ccc5c(c4)C4C=CC=CC4N5c4ccc(Cc5ccccc5)cc4)cc3)cc21. The van der Waals surface area contributed by atoms with E-state index >= 15 is 0 Å². The third kappa shape index (κ3) is 5.48. The highest BCUT2D eigenvalue weighted by atomic mass is 15.2. The number of fused-ring (bicyclic) bond motifs is 6. The van der Waals surface area contributed by atoms with Crippen molar-refractivity contribution in [1.82, 2.24) is 0 Å². The van der Waals surface area contributed by atoms with Gasteiger partial charge in [-0.2, -0.15) is 0 Å². The lowest BCUT2D eigenvalue weighted by molar-refractivity contribution is 0.660. The normalized spacial score (nSPS) is 18.5. The van der Waals surface area contributed by atoms with Crippen molar-refractivity contribution < 1.29 is 0 Å². The summed E-state index contributed by atoms with van der Waals surface area (Å²) in [6.45, 7) is 4.73. The number of benzene rings is 6. The first kappa shape index (κ1) is 32.5. The molecule has 0 N–H and O–H groups in total. The second kappa shape index (κ2) is 13.1. The fourth-order valence-corrected chi connectivity index (χ4v) is 9.32. The maximum atomic E-state index is 2.53. The average molecular weight is 697 g/mol. The summed E-state index contributed by atoms with van der Waals surface area (Å²) >= 11 is 0. The number of hydrogen-bond acceptors (Lipinski definition) is 2. The number of allylic oxidation sites excluding steroid dienone is 6. The van der Waals surface area contributed by atoms with Gasteiger partial charge in [-0.1, -0.05) is 141 Å². The van der Waals surface area contributed by atoms with E-state index < -0.39 is 0 Å². The van der Waals surface area contributed by atoms with Crippen LogP contribution in [0.1, 0.15) is 60.4 Å². The molecule has 0 fully saturated rings. The van der Waals surface area contributed by atoms with Crippen molar-refractivity contribution in [2.24, 2.45) is 0 Å². The third-order valence-corrected chi connectivity index (χ3v) is 12.1. The Balaban J connectivity index is 0.968. The quantitative estimate of drug-likeness (QED) is 0.164. The number of nitrogens with zero attached hydrogens (tertiary/aromatic N) is 2. The summed E-state index contributed by atoms with van der Waals surface area (Å²) in [5.74, 6) is 0.310. The Kier molecular flexibility index (Phi) is 7.87. The van der Waals surface area contributed by atoms with Crippen molar-refractivity contribution in [3.8, 4) is 22.3 Å². The molecule has 1 heterocycles. The second-order valence-corrected chi connectivity index (χ2v) is 15.7. The van der Waals surface area contributed by atoms with Crippen LogP contribution in [0.15, 0.2) is 188 Å². The van der Waals surface area contributed by atoms with Crippen molar-refractivity contribution in [3.05, 3.63) is 216 Å². The van der Waals surface area contributed by atoms with Gasteiger partial charge in [-0.15, -0.1) is 0 Å². The molecular weight excluding hydrogens is 653 g/mol. The zero-order valence-electron chi connectivity index (χ0n) is 31.0. The van der Waals surface area contributed by atoms with E-state index in [1.54, 1.807) is 0 Å². The minimum Gasteiger partial charge on any atom is -0.333 e. The zero-order chi connectivity index (χ0) is 36.2. The van der Waals surface area contributed by atoms with Gasteiger partial charge in [0.05, 0.1) is 6.04 Å². The molecule has 54 heavy (non-hydrogen) atoms. The summed E-state index contributed by atoms with van der Waals surface area (Å²) in [6.07, 6.45) is 18.9. The van der Waals surface area contributed by atoms with Gasteiger partial charge < -0.3 is 9.80 Å². The predicted molar refractivity (Wildman–Crippen MR) is 227 cm³/mol. The largest absolute Gasteiger partial charge is 0.333 e. The second-order valence-electron chi connectivity index (χ2n) is 15.7. The van der Waals surface area contributed by atoms with E-state index in [1.165, 1.54) is 78.5 Å². The highest BCUT2D eigenvalue weighted by Gasteiger charge is 2.38. The van der Waals surface area contributed by atoms with Gasteiger partial charge in [-0.05, 0) is 124 Å². The van der Waals surface area contributed by atoms with E-state index in [0.29, 0.717) is 5.92 Å². The van der Waals surface area contributed by atoms with Gasteiger partial charge >= 0.3 is 0 Å². The smallest absolute Gasteiger partial charge is 0.0629 e. The minimum absolute atomic E-state index is 0.0460. The first-order valence-electron chi connectivity index (χ1n) is 19.4. The van der Waals surface area contributed by atoms with E-state index in [0.717, 1.165) is 19.3 Å². The van der Waals surface area contributed by atoms with Gasteiger partial charge in [-0.3, -0.25) is 0 Å². The van der Waals surface area contributed by atoms with Crippen LogP contribution < -0.4 is 9.80 Å². The van der Waals surface area contributed by atoms with Gasteiger partial charge in [-0.25, -0.2) is 0 Å². The van der Waals surface area contributed by atoms with Gasteiger partial charge in [0.2, 0.25) is 0 Å². The molecule has 0 aromatic heterocycles. The monoisotopic (exact) mass is 696 g/mol. The molecule has 0 saturated heterocycles. The third-order valence-electron chi connectivity index (χ3n) is 12.1. The molecule has 4 aliphatic rings. The lowest BCUT2D eigenvalue weighted by Crippen LogP contribution is -2.28. The summed E-state index contributed by atoms with van der Waals surface area (Å²) in [7, 11) is 0. The standard InChI is InChI=1S/C52H44N2/c1-52(2)48-19-11-9-17-44(48)45-31-30-43(35-49(45)52)53(40-15-7-4-8-16-40)41-28-23-38(24-29-41)39-25-32-51-47(34-39)46-18-10-12-20-50(46)54(51)42-26-21-37(22-27-42)33-36-13-5-3-6-14-36/h3-7,9-15,17-32,34-35,46,50H,8,16,33H2,1-2H3. The van der Waals surface area contributed by atoms with Crippen molar-refractivity contribution in [1.29, 1.82) is 0 Å². The summed E-state index contributed by atoms with van der Waals surface area (Å²) < 4.78 is 0. The van der Waals surface area contributed by atoms with E-state index in [9.17, 15) is 0 Å². The molecule has 1 aliphatic heterocycles. The van der Waals surface area contributed by atoms with Crippen molar-refractivity contribution in [2.45, 2.75) is 50.5 Å². The lowest BCUT2D eigenvalue weighted by atomic mass is 9.82. The molecule has 262 valence electrons. The Labute approximate surface area is 319 Å². The Morgan fingerprint density at radius 3 is 2.17 bits per heavy atom. The highest BCUT2D eigenvalue weighted by molar-refractivity contribution is 5.85. The Bertz CT molecular complexity index is 2500. The van der Waals surface area contributed by atoms with Crippen LogP contribution in [-0.4, -0.2) is 6.04 Å². The molecule has 0 saturated carbocycles. The molecule has 6 aromatic carbocycles. The minimum atomic E-state index is -0.0460. The molecule has 6 aromatic rings. The van der Waals surface area contributed by atoms with Crippen molar-refractivity contribution >= 4 is 22.7 Å². The molecular formula is C52H44N2. The Hall–Kier alpha value is -6.12. The molecule has 3 aliphatic carbocycles.